The highest BCUT2D eigenvalue weighted by atomic mass is 127. The zero-order valence-electron chi connectivity index (χ0n) is 10.1. The van der Waals surface area contributed by atoms with Crippen molar-refractivity contribution < 1.29 is 4.79 Å². The summed E-state index contributed by atoms with van der Waals surface area (Å²) in [5, 5.41) is 11.5. The van der Waals surface area contributed by atoms with Crippen LogP contribution in [0.5, 0.6) is 0 Å². The summed E-state index contributed by atoms with van der Waals surface area (Å²) in [6.07, 6.45) is 1.40. The van der Waals surface area contributed by atoms with Gasteiger partial charge in [0.05, 0.1) is 5.56 Å². The van der Waals surface area contributed by atoms with Crippen molar-refractivity contribution in [3.05, 3.63) is 56.9 Å². The molecule has 2 rings (SSSR count). The molecule has 19 heavy (non-hydrogen) atoms. The monoisotopic (exact) mass is 363 g/mol. The number of carbonyl (C=O) groups is 1. The Labute approximate surface area is 124 Å². The number of amides is 1. The van der Waals surface area contributed by atoms with Gasteiger partial charge in [-0.25, -0.2) is 4.98 Å². The Hall–Kier alpha value is -1.94. The Morgan fingerprint density at radius 3 is 2.74 bits per heavy atom. The minimum absolute atomic E-state index is 0.235. The number of halogens is 1. The molecule has 0 atom stereocenters. The van der Waals surface area contributed by atoms with E-state index < -0.39 is 0 Å². The average molecular weight is 363 g/mol. The second-order valence-corrected chi connectivity index (χ2v) is 5.20. The largest absolute Gasteiger partial charge is 0.322 e. The molecule has 1 aromatic heterocycles. The molecular weight excluding hydrogens is 353 g/mol. The first-order chi connectivity index (χ1) is 9.10. The van der Waals surface area contributed by atoms with Crippen molar-refractivity contribution in [2.45, 2.75) is 6.92 Å². The van der Waals surface area contributed by atoms with Gasteiger partial charge in [0.25, 0.3) is 5.91 Å². The fourth-order valence-electron chi connectivity index (χ4n) is 1.56. The molecule has 0 aliphatic carbocycles. The van der Waals surface area contributed by atoms with Crippen molar-refractivity contribution in [2.24, 2.45) is 0 Å². The highest BCUT2D eigenvalue weighted by Crippen LogP contribution is 2.18. The second-order valence-electron chi connectivity index (χ2n) is 3.96. The predicted molar refractivity (Wildman–Crippen MR) is 80.8 cm³/mol. The fraction of sp³-hybridized carbons (Fsp3) is 0.0714. The smallest absolute Gasteiger partial charge is 0.257 e. The zero-order chi connectivity index (χ0) is 13.8. The van der Waals surface area contributed by atoms with Crippen LogP contribution in [0.15, 0.2) is 36.5 Å². The number of rotatable bonds is 2. The van der Waals surface area contributed by atoms with Gasteiger partial charge in [-0.05, 0) is 65.4 Å². The van der Waals surface area contributed by atoms with Crippen LogP contribution in [-0.4, -0.2) is 10.9 Å². The lowest BCUT2D eigenvalue weighted by atomic mass is 10.2. The quantitative estimate of drug-likeness (QED) is 0.834. The molecule has 1 heterocycles. The molecule has 0 bridgehead atoms. The van der Waals surface area contributed by atoms with Crippen LogP contribution in [0.4, 0.5) is 5.69 Å². The van der Waals surface area contributed by atoms with Gasteiger partial charge in [0.2, 0.25) is 0 Å². The van der Waals surface area contributed by atoms with E-state index in [2.05, 4.69) is 32.9 Å². The molecule has 0 aliphatic heterocycles. The number of pyridine rings is 1. The van der Waals surface area contributed by atoms with Crippen molar-refractivity contribution in [2.75, 3.05) is 5.32 Å². The van der Waals surface area contributed by atoms with Crippen LogP contribution in [0, 0.1) is 21.8 Å². The van der Waals surface area contributed by atoms with E-state index in [9.17, 15) is 4.79 Å². The predicted octanol–water partition coefficient (Wildman–Crippen LogP) is 3.12. The third kappa shape index (κ3) is 3.29. The van der Waals surface area contributed by atoms with Crippen LogP contribution in [0.1, 0.15) is 21.6 Å². The standard InChI is InChI=1S/C14H10IN3O/c1-9-6-11(15)3-5-13(9)18-14(19)10-2-4-12(7-16)17-8-10/h2-6,8H,1H3,(H,18,19). The third-order valence-corrected chi connectivity index (χ3v) is 3.25. The maximum atomic E-state index is 12.0. The van der Waals surface area contributed by atoms with Gasteiger partial charge < -0.3 is 5.32 Å². The summed E-state index contributed by atoms with van der Waals surface area (Å²) in [7, 11) is 0. The van der Waals surface area contributed by atoms with E-state index in [1.54, 1.807) is 6.07 Å². The molecule has 0 fully saturated rings. The van der Waals surface area contributed by atoms with Crippen molar-refractivity contribution in [1.29, 1.82) is 5.26 Å². The molecule has 1 N–H and O–H groups in total. The third-order valence-electron chi connectivity index (χ3n) is 2.58. The molecule has 0 spiro atoms. The summed E-state index contributed by atoms with van der Waals surface area (Å²) in [5.74, 6) is -0.235. The van der Waals surface area contributed by atoms with Crippen LogP contribution in [0.2, 0.25) is 0 Å². The van der Waals surface area contributed by atoms with Gasteiger partial charge in [0, 0.05) is 15.5 Å². The van der Waals surface area contributed by atoms with E-state index in [-0.39, 0.29) is 5.91 Å². The zero-order valence-corrected chi connectivity index (χ0v) is 12.3. The van der Waals surface area contributed by atoms with Crippen LogP contribution in [0.25, 0.3) is 0 Å². The summed E-state index contributed by atoms with van der Waals surface area (Å²) < 4.78 is 1.12. The fourth-order valence-corrected chi connectivity index (χ4v) is 2.20. The number of benzene rings is 1. The van der Waals surface area contributed by atoms with Gasteiger partial charge in [-0.15, -0.1) is 0 Å². The molecule has 94 valence electrons. The molecule has 2 aromatic rings. The number of hydrogen-bond acceptors (Lipinski definition) is 3. The lowest BCUT2D eigenvalue weighted by Crippen LogP contribution is -2.13. The Morgan fingerprint density at radius 1 is 1.37 bits per heavy atom. The highest BCUT2D eigenvalue weighted by Gasteiger charge is 2.08. The molecular formula is C14H10IN3O. The Kier molecular flexibility index (Phi) is 4.12. The number of aromatic nitrogens is 1. The number of carbonyl (C=O) groups excluding carboxylic acids is 1. The summed E-state index contributed by atoms with van der Waals surface area (Å²) in [6, 6.07) is 10.8. The molecule has 0 radical (unpaired) electrons. The summed E-state index contributed by atoms with van der Waals surface area (Å²) in [5.41, 5.74) is 2.50. The van der Waals surface area contributed by atoms with E-state index in [1.165, 1.54) is 12.3 Å². The Morgan fingerprint density at radius 2 is 2.16 bits per heavy atom. The van der Waals surface area contributed by atoms with Crippen LogP contribution < -0.4 is 5.32 Å². The minimum Gasteiger partial charge on any atom is -0.322 e. The second kappa shape index (κ2) is 5.80. The van der Waals surface area contributed by atoms with Crippen LogP contribution in [-0.2, 0) is 0 Å². The minimum atomic E-state index is -0.235. The normalized spacial score (nSPS) is 9.74. The number of nitriles is 1. The van der Waals surface area contributed by atoms with Gasteiger partial charge >= 0.3 is 0 Å². The number of aryl methyl sites for hydroxylation is 1. The average Bonchev–Trinajstić information content (AvgIpc) is 2.42. The van der Waals surface area contributed by atoms with Crippen LogP contribution >= 0.6 is 22.6 Å². The van der Waals surface area contributed by atoms with Gasteiger partial charge in [-0.2, -0.15) is 5.26 Å². The molecule has 0 unspecified atom stereocenters. The van der Waals surface area contributed by atoms with Gasteiger partial charge in [-0.3, -0.25) is 4.79 Å². The first-order valence-electron chi connectivity index (χ1n) is 5.54. The summed E-state index contributed by atoms with van der Waals surface area (Å²) >= 11 is 2.22. The first kappa shape index (κ1) is 13.5. The Balaban J connectivity index is 2.18. The van der Waals surface area contributed by atoms with Gasteiger partial charge in [0.15, 0.2) is 0 Å². The summed E-state index contributed by atoms with van der Waals surface area (Å²) in [6.45, 7) is 1.94. The van der Waals surface area contributed by atoms with Crippen molar-refractivity contribution in [3.63, 3.8) is 0 Å². The number of anilines is 1. The first-order valence-corrected chi connectivity index (χ1v) is 6.61. The topological polar surface area (TPSA) is 65.8 Å². The highest BCUT2D eigenvalue weighted by molar-refractivity contribution is 14.1. The van der Waals surface area contributed by atoms with E-state index in [0.29, 0.717) is 11.3 Å². The molecule has 0 saturated heterocycles. The van der Waals surface area contributed by atoms with Gasteiger partial charge in [0.1, 0.15) is 11.8 Å². The van der Waals surface area contributed by atoms with Crippen molar-refractivity contribution in [1.82, 2.24) is 4.98 Å². The molecule has 1 aromatic carbocycles. The van der Waals surface area contributed by atoms with E-state index in [0.717, 1.165) is 14.8 Å². The Bertz CT molecular complexity index is 659. The summed E-state index contributed by atoms with van der Waals surface area (Å²) in [4.78, 5) is 15.9. The van der Waals surface area contributed by atoms with Gasteiger partial charge in [-0.1, -0.05) is 0 Å². The molecule has 5 heteroatoms. The van der Waals surface area contributed by atoms with Crippen molar-refractivity contribution >= 4 is 34.2 Å². The molecule has 0 aliphatic rings. The molecule has 1 amide bonds. The maximum Gasteiger partial charge on any atom is 0.257 e. The number of nitrogens with one attached hydrogen (secondary N) is 1. The van der Waals surface area contributed by atoms with E-state index >= 15 is 0 Å². The van der Waals surface area contributed by atoms with E-state index in [1.807, 2.05) is 31.2 Å². The molecule has 4 nitrogen and oxygen atoms in total. The maximum absolute atomic E-state index is 12.0. The van der Waals surface area contributed by atoms with Crippen molar-refractivity contribution in [3.8, 4) is 6.07 Å². The lowest BCUT2D eigenvalue weighted by Gasteiger charge is -2.08. The molecule has 0 saturated carbocycles. The van der Waals surface area contributed by atoms with Crippen LogP contribution in [0.3, 0.4) is 0 Å². The lowest BCUT2D eigenvalue weighted by molar-refractivity contribution is 0.102. The van der Waals surface area contributed by atoms with E-state index in [4.69, 9.17) is 5.26 Å². The number of nitrogens with zero attached hydrogens (tertiary/aromatic N) is 2. The SMILES string of the molecule is Cc1cc(I)ccc1NC(=O)c1ccc(C#N)nc1. The number of hydrogen-bond donors (Lipinski definition) is 1.